The fraction of sp³-hybridized carbons (Fsp3) is 0.200. The number of methoxy groups -OCH3 is 1. The molecule has 0 aromatic heterocycles. The van der Waals surface area contributed by atoms with Gasteiger partial charge in [-0.25, -0.2) is 0 Å². The fourth-order valence-electron chi connectivity index (χ4n) is 1.41. The maximum atomic E-state index is 5.12. The van der Waals surface area contributed by atoms with Crippen LogP contribution in [0.1, 0.15) is 0 Å². The van der Waals surface area contributed by atoms with E-state index in [4.69, 9.17) is 4.74 Å². The maximum absolute atomic E-state index is 5.12. The normalized spacial score (nSPS) is 19.8. The van der Waals surface area contributed by atoms with Crippen molar-refractivity contribution in [3.05, 3.63) is 46.2 Å². The number of fused-ring (bicyclic) bond motifs is 1. The molecule has 0 unspecified atom stereocenters. The fourth-order valence-corrected chi connectivity index (χ4v) is 2.08. The SMILES string of the molecule is COC1=CC=C2C(Br)=CN(C)C=C2N1. The van der Waals surface area contributed by atoms with Gasteiger partial charge in [0.15, 0.2) is 5.88 Å². The highest BCUT2D eigenvalue weighted by molar-refractivity contribution is 9.12. The molecular weight excluding hydrogens is 244 g/mol. The van der Waals surface area contributed by atoms with Crippen molar-refractivity contribution in [3.63, 3.8) is 0 Å². The van der Waals surface area contributed by atoms with Gasteiger partial charge in [0, 0.05) is 29.5 Å². The minimum atomic E-state index is 0.760. The zero-order valence-electron chi connectivity index (χ0n) is 8.04. The number of nitrogens with one attached hydrogen (secondary N) is 1. The number of nitrogens with zero attached hydrogens (tertiary/aromatic N) is 1. The molecule has 2 heterocycles. The number of dihydropyridines is 1. The van der Waals surface area contributed by atoms with Crippen molar-refractivity contribution >= 4 is 15.9 Å². The molecule has 0 aromatic carbocycles. The molecule has 0 radical (unpaired) electrons. The summed E-state index contributed by atoms with van der Waals surface area (Å²) >= 11 is 3.51. The average Bonchev–Trinajstić information content (AvgIpc) is 2.16. The number of hydrogen-bond acceptors (Lipinski definition) is 3. The molecule has 1 N–H and O–H groups in total. The van der Waals surface area contributed by atoms with Crippen molar-refractivity contribution in [1.82, 2.24) is 10.2 Å². The minimum absolute atomic E-state index is 0.760. The Labute approximate surface area is 91.5 Å². The van der Waals surface area contributed by atoms with Crippen LogP contribution in [0.2, 0.25) is 0 Å². The lowest BCUT2D eigenvalue weighted by atomic mass is 10.1. The summed E-state index contributed by atoms with van der Waals surface area (Å²) in [5.41, 5.74) is 2.19. The predicted molar refractivity (Wildman–Crippen MR) is 59.2 cm³/mol. The monoisotopic (exact) mass is 254 g/mol. The lowest BCUT2D eigenvalue weighted by Crippen LogP contribution is -2.23. The van der Waals surface area contributed by atoms with Gasteiger partial charge in [0.05, 0.1) is 12.8 Å². The third-order valence-corrected chi connectivity index (χ3v) is 2.71. The maximum Gasteiger partial charge on any atom is 0.190 e. The summed E-state index contributed by atoms with van der Waals surface area (Å²) in [5.74, 6) is 0.760. The van der Waals surface area contributed by atoms with E-state index in [1.807, 2.05) is 36.5 Å². The summed E-state index contributed by atoms with van der Waals surface area (Å²) in [7, 11) is 3.63. The standard InChI is InChI=1S/C10H11BrN2O/c1-13-5-8(11)7-3-4-10(14-2)12-9(7)6-13/h3-6,12H,1-2H3. The first-order valence-electron chi connectivity index (χ1n) is 4.25. The van der Waals surface area contributed by atoms with Crippen molar-refractivity contribution in [2.24, 2.45) is 0 Å². The van der Waals surface area contributed by atoms with E-state index in [9.17, 15) is 0 Å². The van der Waals surface area contributed by atoms with Gasteiger partial charge in [0.25, 0.3) is 0 Å². The molecule has 2 aliphatic rings. The van der Waals surface area contributed by atoms with Gasteiger partial charge in [0.2, 0.25) is 0 Å². The topological polar surface area (TPSA) is 24.5 Å². The van der Waals surface area contributed by atoms with Gasteiger partial charge in [-0.1, -0.05) is 0 Å². The molecule has 0 saturated heterocycles. The molecule has 0 bridgehead atoms. The highest BCUT2D eigenvalue weighted by atomic mass is 79.9. The first-order chi connectivity index (χ1) is 6.70. The molecule has 3 nitrogen and oxygen atoms in total. The molecule has 0 amide bonds. The Morgan fingerprint density at radius 3 is 2.86 bits per heavy atom. The molecule has 4 heteroatoms. The molecule has 0 spiro atoms. The van der Waals surface area contributed by atoms with Crippen LogP contribution >= 0.6 is 15.9 Å². The van der Waals surface area contributed by atoms with Gasteiger partial charge >= 0.3 is 0 Å². The van der Waals surface area contributed by atoms with Crippen LogP contribution in [0.15, 0.2) is 46.2 Å². The van der Waals surface area contributed by atoms with E-state index in [1.165, 1.54) is 0 Å². The third-order valence-electron chi connectivity index (χ3n) is 2.08. The predicted octanol–water partition coefficient (Wildman–Crippen LogP) is 2.03. The molecule has 2 rings (SSSR count). The van der Waals surface area contributed by atoms with Crippen LogP contribution in [0.25, 0.3) is 0 Å². The zero-order chi connectivity index (χ0) is 10.1. The highest BCUT2D eigenvalue weighted by Gasteiger charge is 2.18. The van der Waals surface area contributed by atoms with Crippen molar-refractivity contribution in [2.75, 3.05) is 14.2 Å². The van der Waals surface area contributed by atoms with Crippen molar-refractivity contribution < 1.29 is 4.74 Å². The Kier molecular flexibility index (Phi) is 2.37. The summed E-state index contributed by atoms with van der Waals surface area (Å²) in [5, 5.41) is 3.19. The van der Waals surface area contributed by atoms with E-state index >= 15 is 0 Å². The second-order valence-corrected chi connectivity index (χ2v) is 3.98. The molecule has 0 aliphatic carbocycles. The van der Waals surface area contributed by atoms with Crippen LogP contribution in [0.4, 0.5) is 0 Å². The Balaban J connectivity index is 2.37. The van der Waals surface area contributed by atoms with Crippen LogP contribution < -0.4 is 5.32 Å². The molecule has 0 atom stereocenters. The Hall–Kier alpha value is -1.16. The van der Waals surface area contributed by atoms with Crippen molar-refractivity contribution in [3.8, 4) is 0 Å². The average molecular weight is 255 g/mol. The Morgan fingerprint density at radius 1 is 1.36 bits per heavy atom. The second kappa shape index (κ2) is 3.53. The van der Waals surface area contributed by atoms with Crippen LogP contribution in [-0.2, 0) is 4.74 Å². The number of allylic oxidation sites excluding steroid dienone is 3. The van der Waals surface area contributed by atoms with Gasteiger partial charge in [-0.15, -0.1) is 0 Å². The molecule has 2 aliphatic heterocycles. The van der Waals surface area contributed by atoms with E-state index in [1.54, 1.807) is 7.11 Å². The first kappa shape index (κ1) is 9.40. The smallest absolute Gasteiger partial charge is 0.190 e. The highest BCUT2D eigenvalue weighted by Crippen LogP contribution is 2.30. The first-order valence-corrected chi connectivity index (χ1v) is 5.05. The third kappa shape index (κ3) is 1.57. The summed E-state index contributed by atoms with van der Waals surface area (Å²) in [6, 6.07) is 0. The lowest BCUT2D eigenvalue weighted by Gasteiger charge is -2.25. The van der Waals surface area contributed by atoms with E-state index in [-0.39, 0.29) is 0 Å². The quantitative estimate of drug-likeness (QED) is 0.775. The van der Waals surface area contributed by atoms with E-state index in [0.717, 1.165) is 21.6 Å². The molecular formula is C10H11BrN2O. The number of rotatable bonds is 1. The molecule has 0 fully saturated rings. The van der Waals surface area contributed by atoms with Gasteiger partial charge in [-0.05, 0) is 28.1 Å². The molecule has 74 valence electrons. The van der Waals surface area contributed by atoms with E-state index < -0.39 is 0 Å². The Bertz CT molecular complexity index is 380. The second-order valence-electron chi connectivity index (χ2n) is 3.13. The summed E-state index contributed by atoms with van der Waals surface area (Å²) in [6.07, 6.45) is 7.97. The van der Waals surface area contributed by atoms with Crippen molar-refractivity contribution in [2.45, 2.75) is 0 Å². The van der Waals surface area contributed by atoms with Crippen LogP contribution in [0.3, 0.4) is 0 Å². The van der Waals surface area contributed by atoms with Gasteiger partial charge in [-0.3, -0.25) is 0 Å². The van der Waals surface area contributed by atoms with Gasteiger partial charge < -0.3 is 15.0 Å². The molecule has 0 saturated carbocycles. The largest absolute Gasteiger partial charge is 0.482 e. The van der Waals surface area contributed by atoms with E-state index in [2.05, 4.69) is 21.2 Å². The summed E-state index contributed by atoms with van der Waals surface area (Å²) in [4.78, 5) is 1.99. The van der Waals surface area contributed by atoms with Crippen molar-refractivity contribution in [1.29, 1.82) is 0 Å². The van der Waals surface area contributed by atoms with Crippen LogP contribution in [-0.4, -0.2) is 19.1 Å². The zero-order valence-corrected chi connectivity index (χ0v) is 9.63. The van der Waals surface area contributed by atoms with Crippen LogP contribution in [0.5, 0.6) is 0 Å². The van der Waals surface area contributed by atoms with Gasteiger partial charge in [-0.2, -0.15) is 0 Å². The lowest BCUT2D eigenvalue weighted by molar-refractivity contribution is 0.268. The molecule has 0 aromatic rings. The van der Waals surface area contributed by atoms with Gasteiger partial charge in [0.1, 0.15) is 0 Å². The van der Waals surface area contributed by atoms with Crippen LogP contribution in [0, 0.1) is 0 Å². The number of hydrogen-bond donors (Lipinski definition) is 1. The molecule has 14 heavy (non-hydrogen) atoms. The number of halogens is 1. The van der Waals surface area contributed by atoms with E-state index in [0.29, 0.717) is 0 Å². The Morgan fingerprint density at radius 2 is 2.14 bits per heavy atom. The minimum Gasteiger partial charge on any atom is -0.482 e. The number of ether oxygens (including phenoxy) is 1. The summed E-state index contributed by atoms with van der Waals surface area (Å²) in [6.45, 7) is 0. The summed E-state index contributed by atoms with van der Waals surface area (Å²) < 4.78 is 6.19.